The first-order chi connectivity index (χ1) is 14.5. The van der Waals surface area contributed by atoms with Crippen molar-refractivity contribution in [3.05, 3.63) is 65.3 Å². The van der Waals surface area contributed by atoms with Gasteiger partial charge in [-0.1, -0.05) is 12.2 Å². The first kappa shape index (κ1) is 17.8. The van der Waals surface area contributed by atoms with E-state index < -0.39 is 0 Å². The number of hydrogen-bond donors (Lipinski definition) is 0. The zero-order chi connectivity index (χ0) is 20.7. The minimum absolute atomic E-state index is 0.154. The molecule has 2 heterocycles. The molecule has 5 aliphatic rings. The van der Waals surface area contributed by atoms with E-state index in [-0.39, 0.29) is 41.3 Å². The van der Waals surface area contributed by atoms with Crippen molar-refractivity contribution in [1.82, 2.24) is 9.58 Å². The molecule has 5 nitrogen and oxygen atoms in total. The van der Waals surface area contributed by atoms with Crippen LogP contribution in [0.4, 0.5) is 4.39 Å². The first-order valence-corrected chi connectivity index (χ1v) is 10.5. The summed E-state index contributed by atoms with van der Waals surface area (Å²) in [5.41, 5.74) is 3.57. The van der Waals surface area contributed by atoms with Crippen molar-refractivity contribution in [2.45, 2.75) is 20.3 Å². The van der Waals surface area contributed by atoms with Gasteiger partial charge >= 0.3 is 0 Å². The number of aromatic nitrogens is 1. The topological polar surface area (TPSA) is 54.7 Å². The summed E-state index contributed by atoms with van der Waals surface area (Å²) in [4.78, 5) is 26.1. The van der Waals surface area contributed by atoms with Crippen molar-refractivity contribution in [2.75, 3.05) is 0 Å². The standard InChI is InChI=1S/C24H22FN3O2/c1-12-9-14(13(2)27(12)16-5-3-15(25)4-6-16)11-26-28-23(29)21-17-7-8-18(20-10-19(17)20)22(21)24(28)30/h3-9,11,17-22H,10H2,1-2H3/b26-11-/t17-,18-,19-,20-,21-,22+/m0/s1. The Morgan fingerprint density at radius 2 is 1.60 bits per heavy atom. The summed E-state index contributed by atoms with van der Waals surface area (Å²) in [7, 11) is 0. The Morgan fingerprint density at radius 3 is 2.20 bits per heavy atom. The number of rotatable bonds is 3. The number of hydrazone groups is 1. The summed E-state index contributed by atoms with van der Waals surface area (Å²) >= 11 is 0. The number of hydrogen-bond acceptors (Lipinski definition) is 3. The Labute approximate surface area is 173 Å². The highest BCUT2D eigenvalue weighted by Gasteiger charge is 2.67. The molecule has 2 amide bonds. The van der Waals surface area contributed by atoms with Crippen molar-refractivity contribution in [1.29, 1.82) is 0 Å². The van der Waals surface area contributed by atoms with Gasteiger partial charge in [-0.05, 0) is 74.3 Å². The number of nitrogens with zero attached hydrogens (tertiary/aromatic N) is 3. The number of carbonyl (C=O) groups excluding carboxylic acids is 2. The maximum absolute atomic E-state index is 13.3. The summed E-state index contributed by atoms with van der Waals surface area (Å²) in [6.45, 7) is 3.91. The third-order valence-corrected chi connectivity index (χ3v) is 7.51. The molecule has 6 atom stereocenters. The number of imide groups is 1. The van der Waals surface area contributed by atoms with E-state index in [2.05, 4.69) is 17.3 Å². The minimum Gasteiger partial charge on any atom is -0.318 e. The van der Waals surface area contributed by atoms with Crippen LogP contribution in [-0.2, 0) is 9.59 Å². The van der Waals surface area contributed by atoms with Crippen LogP contribution in [0.2, 0.25) is 0 Å². The molecule has 1 aromatic heterocycles. The van der Waals surface area contributed by atoms with Gasteiger partial charge in [0.2, 0.25) is 0 Å². The van der Waals surface area contributed by atoms with Crippen LogP contribution in [0.15, 0.2) is 47.6 Å². The molecule has 3 fully saturated rings. The van der Waals surface area contributed by atoms with Crippen LogP contribution >= 0.6 is 0 Å². The van der Waals surface area contributed by atoms with Crippen molar-refractivity contribution in [3.63, 3.8) is 0 Å². The molecule has 1 saturated heterocycles. The average Bonchev–Trinajstić information content (AvgIpc) is 3.46. The predicted octanol–water partition coefficient (Wildman–Crippen LogP) is 3.62. The van der Waals surface area contributed by atoms with E-state index in [1.54, 1.807) is 18.3 Å². The van der Waals surface area contributed by atoms with Gasteiger partial charge in [-0.2, -0.15) is 10.1 Å². The van der Waals surface area contributed by atoms with Gasteiger partial charge < -0.3 is 4.57 Å². The maximum Gasteiger partial charge on any atom is 0.254 e. The summed E-state index contributed by atoms with van der Waals surface area (Å²) in [5, 5.41) is 5.46. The van der Waals surface area contributed by atoms with Crippen LogP contribution in [0.3, 0.4) is 0 Å². The second-order valence-electron chi connectivity index (χ2n) is 9.03. The second kappa shape index (κ2) is 6.00. The zero-order valence-corrected chi connectivity index (χ0v) is 16.8. The SMILES string of the molecule is Cc1cc(/C=N\N2C(=O)[C@@H]3[C@H]4C=C[C@@H]([C@@H]5C[C@@H]45)[C@@H]3C2=O)c(C)n1-c1ccc(F)cc1. The summed E-state index contributed by atoms with van der Waals surface area (Å²) in [6, 6.07) is 8.27. The number of amides is 2. The molecule has 0 N–H and O–H groups in total. The van der Waals surface area contributed by atoms with Gasteiger partial charge in [0.15, 0.2) is 0 Å². The van der Waals surface area contributed by atoms with Crippen molar-refractivity contribution >= 4 is 18.0 Å². The molecule has 0 spiro atoms. The molecule has 4 aliphatic carbocycles. The summed E-state index contributed by atoms with van der Waals surface area (Å²) in [6.07, 6.45) is 7.07. The van der Waals surface area contributed by atoms with E-state index in [0.29, 0.717) is 11.8 Å². The van der Waals surface area contributed by atoms with E-state index in [1.807, 2.05) is 24.5 Å². The third kappa shape index (κ3) is 2.30. The molecule has 30 heavy (non-hydrogen) atoms. The van der Waals surface area contributed by atoms with Crippen LogP contribution in [0.5, 0.6) is 0 Å². The number of benzene rings is 1. The van der Waals surface area contributed by atoms with Gasteiger partial charge in [-0.25, -0.2) is 4.39 Å². The molecule has 0 unspecified atom stereocenters. The Morgan fingerprint density at radius 1 is 1.00 bits per heavy atom. The molecule has 152 valence electrons. The van der Waals surface area contributed by atoms with Gasteiger partial charge in [0.25, 0.3) is 11.8 Å². The lowest BCUT2D eigenvalue weighted by Crippen LogP contribution is -2.40. The molecule has 1 aliphatic heterocycles. The molecular formula is C24H22FN3O2. The minimum atomic E-state index is -0.281. The maximum atomic E-state index is 13.3. The molecule has 6 heteroatoms. The molecule has 7 rings (SSSR count). The van der Waals surface area contributed by atoms with E-state index >= 15 is 0 Å². The lowest BCUT2D eigenvalue weighted by molar-refractivity contribution is -0.140. The van der Waals surface area contributed by atoms with Gasteiger partial charge in [0.1, 0.15) is 5.82 Å². The summed E-state index contributed by atoms with van der Waals surface area (Å²) < 4.78 is 15.3. The van der Waals surface area contributed by atoms with Crippen LogP contribution in [0.1, 0.15) is 23.4 Å². The zero-order valence-electron chi connectivity index (χ0n) is 16.8. The Kier molecular flexibility index (Phi) is 3.56. The van der Waals surface area contributed by atoms with Gasteiger partial charge in [0.05, 0.1) is 18.1 Å². The molecule has 2 aromatic rings. The second-order valence-corrected chi connectivity index (χ2v) is 9.03. The van der Waals surface area contributed by atoms with E-state index in [9.17, 15) is 14.0 Å². The normalized spacial score (nSPS) is 33.5. The number of carbonyl (C=O) groups is 2. The fourth-order valence-electron chi connectivity index (χ4n) is 6.08. The van der Waals surface area contributed by atoms with Gasteiger partial charge in [-0.15, -0.1) is 0 Å². The highest BCUT2D eigenvalue weighted by atomic mass is 19.1. The monoisotopic (exact) mass is 403 g/mol. The van der Waals surface area contributed by atoms with E-state index in [1.165, 1.54) is 12.1 Å². The van der Waals surface area contributed by atoms with E-state index in [4.69, 9.17) is 0 Å². The summed E-state index contributed by atoms with van der Waals surface area (Å²) in [5.74, 6) is 0.497. The van der Waals surface area contributed by atoms with E-state index in [0.717, 1.165) is 34.1 Å². The predicted molar refractivity (Wildman–Crippen MR) is 109 cm³/mol. The Hall–Kier alpha value is -3.02. The smallest absolute Gasteiger partial charge is 0.254 e. The highest BCUT2D eigenvalue weighted by molar-refractivity contribution is 6.06. The number of allylic oxidation sites excluding steroid dienone is 2. The van der Waals surface area contributed by atoms with Gasteiger partial charge in [-0.3, -0.25) is 9.59 Å². The van der Waals surface area contributed by atoms with Crippen molar-refractivity contribution in [3.8, 4) is 5.69 Å². The average molecular weight is 403 g/mol. The lowest BCUT2D eigenvalue weighted by Gasteiger charge is -2.37. The Balaban J connectivity index is 1.30. The third-order valence-electron chi connectivity index (χ3n) is 7.51. The molecule has 1 aromatic carbocycles. The quantitative estimate of drug-likeness (QED) is 0.447. The van der Waals surface area contributed by atoms with Crippen LogP contribution < -0.4 is 0 Å². The largest absolute Gasteiger partial charge is 0.318 e. The van der Waals surface area contributed by atoms with Crippen LogP contribution in [-0.4, -0.2) is 27.6 Å². The number of halogens is 1. The van der Waals surface area contributed by atoms with Crippen LogP contribution in [0.25, 0.3) is 5.69 Å². The fraction of sp³-hybridized carbons (Fsp3) is 0.375. The molecule has 0 radical (unpaired) electrons. The lowest BCUT2D eigenvalue weighted by atomic mass is 9.63. The molecular weight excluding hydrogens is 381 g/mol. The fourth-order valence-corrected chi connectivity index (χ4v) is 6.08. The van der Waals surface area contributed by atoms with Crippen molar-refractivity contribution < 1.29 is 14.0 Å². The molecule has 2 saturated carbocycles. The molecule has 2 bridgehead atoms. The van der Waals surface area contributed by atoms with Crippen molar-refractivity contribution in [2.24, 2.45) is 40.6 Å². The first-order valence-electron chi connectivity index (χ1n) is 10.5. The van der Waals surface area contributed by atoms with Crippen LogP contribution in [0, 0.1) is 55.2 Å². The highest BCUT2D eigenvalue weighted by Crippen LogP contribution is 2.65. The Bertz CT molecular complexity index is 1110. The van der Waals surface area contributed by atoms with Gasteiger partial charge in [0, 0.05) is 22.6 Å². The number of aryl methyl sites for hydroxylation is 1.